The van der Waals surface area contributed by atoms with Gasteiger partial charge in [-0.15, -0.1) is 0 Å². The molecule has 2 atom stereocenters. The number of fused-ring (bicyclic) bond motifs is 1. The molecule has 0 aliphatic carbocycles. The third-order valence-corrected chi connectivity index (χ3v) is 4.99. The quantitative estimate of drug-likeness (QED) is 0.851. The molecule has 1 amide bonds. The van der Waals surface area contributed by atoms with Crippen LogP contribution in [0.1, 0.15) is 41.8 Å². The third kappa shape index (κ3) is 2.47. The molecular formula is C17H24N2O. The minimum Gasteiger partial charge on any atom is -0.338 e. The van der Waals surface area contributed by atoms with E-state index in [1.807, 2.05) is 12.1 Å². The van der Waals surface area contributed by atoms with E-state index in [2.05, 4.69) is 30.1 Å². The van der Waals surface area contributed by atoms with Gasteiger partial charge in [0.05, 0.1) is 0 Å². The summed E-state index contributed by atoms with van der Waals surface area (Å²) in [5.41, 5.74) is 3.49. The highest BCUT2D eigenvalue weighted by atomic mass is 16.2. The maximum atomic E-state index is 12.8. The van der Waals surface area contributed by atoms with Crippen LogP contribution in [0.25, 0.3) is 0 Å². The van der Waals surface area contributed by atoms with Gasteiger partial charge in [-0.1, -0.05) is 26.0 Å². The molecule has 1 aromatic rings. The Balaban J connectivity index is 1.84. The van der Waals surface area contributed by atoms with Crippen molar-refractivity contribution < 1.29 is 4.79 Å². The summed E-state index contributed by atoms with van der Waals surface area (Å²) in [4.78, 5) is 14.9. The molecule has 1 aromatic carbocycles. The van der Waals surface area contributed by atoms with Crippen LogP contribution in [0.15, 0.2) is 18.2 Å². The van der Waals surface area contributed by atoms with Crippen LogP contribution in [-0.4, -0.2) is 30.4 Å². The Labute approximate surface area is 121 Å². The zero-order valence-electron chi connectivity index (χ0n) is 12.5. The van der Waals surface area contributed by atoms with Crippen molar-refractivity contribution in [1.29, 1.82) is 0 Å². The van der Waals surface area contributed by atoms with Gasteiger partial charge in [0.15, 0.2) is 0 Å². The first-order chi connectivity index (χ1) is 9.66. The molecule has 2 aliphatic rings. The second kappa shape index (κ2) is 5.57. The zero-order valence-corrected chi connectivity index (χ0v) is 12.5. The van der Waals surface area contributed by atoms with Gasteiger partial charge < -0.3 is 10.2 Å². The summed E-state index contributed by atoms with van der Waals surface area (Å²) in [5.74, 6) is 1.57. The first-order valence-corrected chi connectivity index (χ1v) is 7.77. The molecule has 2 unspecified atom stereocenters. The highest BCUT2D eigenvalue weighted by Gasteiger charge is 2.28. The van der Waals surface area contributed by atoms with Crippen molar-refractivity contribution in [2.45, 2.75) is 33.2 Å². The van der Waals surface area contributed by atoms with E-state index in [1.54, 1.807) is 0 Å². The molecule has 1 saturated heterocycles. The number of nitrogens with zero attached hydrogens (tertiary/aromatic N) is 1. The standard InChI is InChI=1S/C17H24N2O/c1-12-7-9-19(11-13(12)2)17(20)16-5-3-4-14-10-18-8-6-15(14)16/h3-5,12-13,18H,6-11H2,1-2H3. The molecule has 1 N–H and O–H groups in total. The van der Waals surface area contributed by atoms with Crippen LogP contribution in [-0.2, 0) is 13.0 Å². The summed E-state index contributed by atoms with van der Waals surface area (Å²) in [6.07, 6.45) is 2.10. The van der Waals surface area contributed by atoms with Crippen LogP contribution < -0.4 is 5.32 Å². The molecule has 0 saturated carbocycles. The Morgan fingerprint density at radius 3 is 2.95 bits per heavy atom. The summed E-state index contributed by atoms with van der Waals surface area (Å²) in [7, 11) is 0. The van der Waals surface area contributed by atoms with Gasteiger partial charge in [0.2, 0.25) is 0 Å². The molecule has 0 bridgehead atoms. The number of piperidine rings is 1. The third-order valence-electron chi connectivity index (χ3n) is 4.99. The summed E-state index contributed by atoms with van der Waals surface area (Å²) < 4.78 is 0. The summed E-state index contributed by atoms with van der Waals surface area (Å²) in [6, 6.07) is 6.17. The van der Waals surface area contributed by atoms with E-state index < -0.39 is 0 Å². The molecule has 3 rings (SSSR count). The molecule has 0 radical (unpaired) electrons. The molecule has 0 aromatic heterocycles. The molecule has 20 heavy (non-hydrogen) atoms. The van der Waals surface area contributed by atoms with Gasteiger partial charge in [-0.3, -0.25) is 4.79 Å². The van der Waals surface area contributed by atoms with Gasteiger partial charge in [0.25, 0.3) is 5.91 Å². The lowest BCUT2D eigenvalue weighted by molar-refractivity contribution is 0.0626. The van der Waals surface area contributed by atoms with Crippen molar-refractivity contribution in [2.24, 2.45) is 11.8 Å². The molecule has 108 valence electrons. The second-order valence-electron chi connectivity index (χ2n) is 6.36. The lowest BCUT2D eigenvalue weighted by Gasteiger charge is -2.36. The number of hydrogen-bond acceptors (Lipinski definition) is 2. The van der Waals surface area contributed by atoms with Crippen molar-refractivity contribution in [1.82, 2.24) is 10.2 Å². The predicted molar refractivity (Wildman–Crippen MR) is 80.7 cm³/mol. The lowest BCUT2D eigenvalue weighted by Crippen LogP contribution is -2.42. The van der Waals surface area contributed by atoms with Gasteiger partial charge in [0.1, 0.15) is 0 Å². The number of likely N-dealkylation sites (tertiary alicyclic amines) is 1. The van der Waals surface area contributed by atoms with Crippen LogP contribution in [0.4, 0.5) is 0 Å². The molecule has 3 nitrogen and oxygen atoms in total. The van der Waals surface area contributed by atoms with Gasteiger partial charge in [0, 0.05) is 25.2 Å². The minimum atomic E-state index is 0.238. The minimum absolute atomic E-state index is 0.238. The normalized spacial score (nSPS) is 26.2. The van der Waals surface area contributed by atoms with E-state index in [0.717, 1.165) is 50.5 Å². The average molecular weight is 272 g/mol. The molecule has 0 spiro atoms. The highest BCUT2D eigenvalue weighted by Crippen LogP contribution is 2.26. The summed E-state index contributed by atoms with van der Waals surface area (Å²) in [6.45, 7) is 8.24. The smallest absolute Gasteiger partial charge is 0.254 e. The number of benzene rings is 1. The molecule has 1 fully saturated rings. The molecule has 3 heteroatoms. The van der Waals surface area contributed by atoms with E-state index >= 15 is 0 Å². The van der Waals surface area contributed by atoms with E-state index in [4.69, 9.17) is 0 Å². The van der Waals surface area contributed by atoms with Crippen molar-refractivity contribution in [3.8, 4) is 0 Å². The number of hydrogen-bond donors (Lipinski definition) is 1. The van der Waals surface area contributed by atoms with E-state index in [0.29, 0.717) is 5.92 Å². The first-order valence-electron chi connectivity index (χ1n) is 7.77. The fraction of sp³-hybridized carbons (Fsp3) is 0.588. The SMILES string of the molecule is CC1CCN(C(=O)c2cccc3c2CCNC3)CC1C. The Morgan fingerprint density at radius 1 is 1.30 bits per heavy atom. The van der Waals surface area contributed by atoms with Crippen LogP contribution in [0.3, 0.4) is 0 Å². The van der Waals surface area contributed by atoms with Crippen molar-refractivity contribution in [3.05, 3.63) is 34.9 Å². The van der Waals surface area contributed by atoms with Crippen molar-refractivity contribution in [3.63, 3.8) is 0 Å². The molecular weight excluding hydrogens is 248 g/mol. The van der Waals surface area contributed by atoms with Crippen LogP contribution in [0.2, 0.25) is 0 Å². The number of nitrogens with one attached hydrogen (secondary N) is 1. The molecule has 2 aliphatic heterocycles. The van der Waals surface area contributed by atoms with Crippen molar-refractivity contribution in [2.75, 3.05) is 19.6 Å². The number of carbonyl (C=O) groups excluding carboxylic acids is 1. The maximum Gasteiger partial charge on any atom is 0.254 e. The zero-order chi connectivity index (χ0) is 14.1. The maximum absolute atomic E-state index is 12.8. The van der Waals surface area contributed by atoms with Crippen molar-refractivity contribution >= 4 is 5.91 Å². The van der Waals surface area contributed by atoms with Crippen LogP contribution in [0, 0.1) is 11.8 Å². The Morgan fingerprint density at radius 2 is 2.15 bits per heavy atom. The molecule has 2 heterocycles. The lowest BCUT2D eigenvalue weighted by atomic mass is 9.87. The number of carbonyl (C=O) groups is 1. The second-order valence-corrected chi connectivity index (χ2v) is 6.36. The fourth-order valence-corrected chi connectivity index (χ4v) is 3.35. The largest absolute Gasteiger partial charge is 0.338 e. The van der Waals surface area contributed by atoms with Gasteiger partial charge >= 0.3 is 0 Å². The predicted octanol–water partition coefficient (Wildman–Crippen LogP) is 2.45. The van der Waals surface area contributed by atoms with E-state index in [1.165, 1.54) is 11.1 Å². The van der Waals surface area contributed by atoms with E-state index in [-0.39, 0.29) is 5.91 Å². The van der Waals surface area contributed by atoms with Crippen LogP contribution in [0.5, 0.6) is 0 Å². The first kappa shape index (κ1) is 13.6. The van der Waals surface area contributed by atoms with E-state index in [9.17, 15) is 4.79 Å². The Kier molecular flexibility index (Phi) is 3.79. The highest BCUT2D eigenvalue weighted by molar-refractivity contribution is 5.96. The number of amides is 1. The van der Waals surface area contributed by atoms with Gasteiger partial charge in [-0.2, -0.15) is 0 Å². The topological polar surface area (TPSA) is 32.3 Å². The monoisotopic (exact) mass is 272 g/mol. The number of rotatable bonds is 1. The Bertz CT molecular complexity index is 512. The summed E-state index contributed by atoms with van der Waals surface area (Å²) in [5, 5.41) is 3.37. The summed E-state index contributed by atoms with van der Waals surface area (Å²) >= 11 is 0. The Hall–Kier alpha value is -1.35. The van der Waals surface area contributed by atoms with Crippen LogP contribution >= 0.6 is 0 Å². The van der Waals surface area contributed by atoms with Gasteiger partial charge in [-0.05, 0) is 48.4 Å². The van der Waals surface area contributed by atoms with Gasteiger partial charge in [-0.25, -0.2) is 0 Å². The fourth-order valence-electron chi connectivity index (χ4n) is 3.35. The average Bonchev–Trinajstić information content (AvgIpc) is 2.49.